The van der Waals surface area contributed by atoms with Crippen LogP contribution in [0.1, 0.15) is 23.2 Å². The van der Waals surface area contributed by atoms with Gasteiger partial charge in [-0.3, -0.25) is 14.0 Å². The molecule has 0 saturated carbocycles. The minimum Gasteiger partial charge on any atom is -0.352 e. The van der Waals surface area contributed by atoms with Crippen molar-refractivity contribution in [3.63, 3.8) is 0 Å². The highest BCUT2D eigenvalue weighted by Crippen LogP contribution is 2.10. The molecule has 0 spiro atoms. The van der Waals surface area contributed by atoms with Crippen LogP contribution in [0.25, 0.3) is 5.65 Å². The van der Waals surface area contributed by atoms with Gasteiger partial charge in [0.1, 0.15) is 11.2 Å². The lowest BCUT2D eigenvalue weighted by molar-refractivity contribution is 0.0949. The molecule has 2 aromatic rings. The van der Waals surface area contributed by atoms with Crippen LogP contribution in [0.2, 0.25) is 0 Å². The van der Waals surface area contributed by atoms with Crippen LogP contribution in [0.5, 0.6) is 0 Å². The second-order valence-electron chi connectivity index (χ2n) is 5.31. The average Bonchev–Trinajstić information content (AvgIpc) is 3.01. The third-order valence-electron chi connectivity index (χ3n) is 3.86. The Hall–Kier alpha value is -1.92. The molecular formula is C15H19ClN4O2. The first-order chi connectivity index (χ1) is 10.3. The predicted molar refractivity (Wildman–Crippen MR) is 86.6 cm³/mol. The fraction of sp³-hybridized carbons (Fsp3) is 0.400. The van der Waals surface area contributed by atoms with Crippen LogP contribution in [-0.2, 0) is 0 Å². The number of pyridine rings is 1. The number of rotatable bonds is 4. The van der Waals surface area contributed by atoms with Crippen molar-refractivity contribution in [3.05, 3.63) is 46.5 Å². The van der Waals surface area contributed by atoms with Crippen LogP contribution < -0.4 is 16.2 Å². The lowest BCUT2D eigenvalue weighted by atomic mass is 10.1. The zero-order valence-electron chi connectivity index (χ0n) is 12.1. The molecule has 2 N–H and O–H groups in total. The summed E-state index contributed by atoms with van der Waals surface area (Å²) in [5.74, 6) is 0.262. The molecule has 1 saturated heterocycles. The summed E-state index contributed by atoms with van der Waals surface area (Å²) in [5, 5.41) is 6.11. The Morgan fingerprint density at radius 2 is 2.32 bits per heavy atom. The van der Waals surface area contributed by atoms with Gasteiger partial charge < -0.3 is 10.6 Å². The SMILES string of the molecule is Cl.O=C(NCCC1CCNC1)c1cnc2ccccn2c1=O. The summed E-state index contributed by atoms with van der Waals surface area (Å²) < 4.78 is 1.38. The maximum absolute atomic E-state index is 12.2. The van der Waals surface area contributed by atoms with Gasteiger partial charge in [0, 0.05) is 18.9 Å². The maximum Gasteiger partial charge on any atom is 0.270 e. The number of amides is 1. The highest BCUT2D eigenvalue weighted by molar-refractivity contribution is 5.93. The molecule has 0 bridgehead atoms. The largest absolute Gasteiger partial charge is 0.352 e. The van der Waals surface area contributed by atoms with Crippen molar-refractivity contribution in [2.45, 2.75) is 12.8 Å². The number of carbonyl (C=O) groups is 1. The number of carbonyl (C=O) groups excluding carboxylic acids is 1. The molecule has 118 valence electrons. The summed E-state index contributed by atoms with van der Waals surface area (Å²) in [7, 11) is 0. The van der Waals surface area contributed by atoms with Crippen LogP contribution in [0.15, 0.2) is 35.4 Å². The summed E-state index contributed by atoms with van der Waals surface area (Å²) in [5.41, 5.74) is 0.292. The molecule has 1 unspecified atom stereocenters. The number of nitrogens with one attached hydrogen (secondary N) is 2. The number of halogens is 1. The van der Waals surface area contributed by atoms with Gasteiger partial charge in [-0.25, -0.2) is 4.98 Å². The van der Waals surface area contributed by atoms with Crippen LogP contribution in [0, 0.1) is 5.92 Å². The van der Waals surface area contributed by atoms with Gasteiger partial charge in [0.15, 0.2) is 0 Å². The Labute approximate surface area is 134 Å². The van der Waals surface area contributed by atoms with Gasteiger partial charge >= 0.3 is 0 Å². The van der Waals surface area contributed by atoms with Gasteiger partial charge in [0.25, 0.3) is 11.5 Å². The third kappa shape index (κ3) is 3.45. The highest BCUT2D eigenvalue weighted by atomic mass is 35.5. The molecule has 1 amide bonds. The maximum atomic E-state index is 12.2. The van der Waals surface area contributed by atoms with E-state index in [1.54, 1.807) is 24.4 Å². The number of nitrogens with zero attached hydrogens (tertiary/aromatic N) is 2. The van der Waals surface area contributed by atoms with E-state index in [0.29, 0.717) is 18.1 Å². The predicted octanol–water partition coefficient (Wildman–Crippen LogP) is 0.846. The topological polar surface area (TPSA) is 75.5 Å². The lowest BCUT2D eigenvalue weighted by Crippen LogP contribution is -2.32. The van der Waals surface area contributed by atoms with E-state index in [1.807, 2.05) is 0 Å². The van der Waals surface area contributed by atoms with Crippen molar-refractivity contribution in [2.75, 3.05) is 19.6 Å². The molecule has 0 aliphatic carbocycles. The summed E-state index contributed by atoms with van der Waals surface area (Å²) >= 11 is 0. The molecule has 1 atom stereocenters. The Balaban J connectivity index is 0.00000176. The van der Waals surface area contributed by atoms with Gasteiger partial charge in [0.2, 0.25) is 0 Å². The van der Waals surface area contributed by atoms with Gasteiger partial charge in [-0.2, -0.15) is 0 Å². The second-order valence-corrected chi connectivity index (χ2v) is 5.31. The van der Waals surface area contributed by atoms with Crippen LogP contribution in [0.3, 0.4) is 0 Å². The molecule has 3 rings (SSSR count). The van der Waals surface area contributed by atoms with Crippen molar-refractivity contribution in [2.24, 2.45) is 5.92 Å². The molecule has 0 aromatic carbocycles. The van der Waals surface area contributed by atoms with Gasteiger partial charge in [-0.05, 0) is 44.0 Å². The smallest absolute Gasteiger partial charge is 0.270 e. The number of hydrogen-bond acceptors (Lipinski definition) is 4. The zero-order chi connectivity index (χ0) is 14.7. The third-order valence-corrected chi connectivity index (χ3v) is 3.86. The first-order valence-corrected chi connectivity index (χ1v) is 7.21. The average molecular weight is 323 g/mol. The van der Waals surface area contributed by atoms with E-state index in [2.05, 4.69) is 15.6 Å². The summed E-state index contributed by atoms with van der Waals surface area (Å²) in [6.45, 7) is 2.65. The van der Waals surface area contributed by atoms with Crippen molar-refractivity contribution >= 4 is 24.0 Å². The highest BCUT2D eigenvalue weighted by Gasteiger charge is 2.16. The van der Waals surface area contributed by atoms with E-state index in [0.717, 1.165) is 25.9 Å². The number of hydrogen-bond donors (Lipinski definition) is 2. The minimum absolute atomic E-state index is 0. The Bertz CT molecular complexity index is 710. The van der Waals surface area contributed by atoms with Gasteiger partial charge in [0.05, 0.1) is 0 Å². The van der Waals surface area contributed by atoms with E-state index in [1.165, 1.54) is 10.6 Å². The van der Waals surface area contributed by atoms with Gasteiger partial charge in [-0.15, -0.1) is 12.4 Å². The Kier molecular flexibility index (Phi) is 5.51. The van der Waals surface area contributed by atoms with Gasteiger partial charge in [-0.1, -0.05) is 6.07 Å². The first kappa shape index (κ1) is 16.5. The van der Waals surface area contributed by atoms with Crippen molar-refractivity contribution in [3.8, 4) is 0 Å². The molecule has 2 aromatic heterocycles. The Morgan fingerprint density at radius 1 is 1.45 bits per heavy atom. The van der Waals surface area contributed by atoms with Crippen LogP contribution >= 0.6 is 12.4 Å². The summed E-state index contributed by atoms with van der Waals surface area (Å²) in [4.78, 5) is 28.5. The van der Waals surface area contributed by atoms with E-state index >= 15 is 0 Å². The van der Waals surface area contributed by atoms with E-state index in [-0.39, 0.29) is 29.4 Å². The lowest BCUT2D eigenvalue weighted by Gasteiger charge is -2.09. The monoisotopic (exact) mass is 322 g/mol. The summed E-state index contributed by atoms with van der Waals surface area (Å²) in [6, 6.07) is 5.28. The number of fused-ring (bicyclic) bond motifs is 1. The molecule has 1 fully saturated rings. The number of aromatic nitrogens is 2. The molecule has 3 heterocycles. The fourth-order valence-electron chi connectivity index (χ4n) is 2.63. The molecule has 7 heteroatoms. The van der Waals surface area contributed by atoms with Crippen molar-refractivity contribution in [1.82, 2.24) is 20.0 Å². The standard InChI is InChI=1S/C15H18N4O2.ClH/c20-14(17-7-5-11-4-6-16-9-11)12-10-18-13-3-1-2-8-19(13)15(12)21;/h1-3,8,10-11,16H,4-7,9H2,(H,17,20);1H. The van der Waals surface area contributed by atoms with Crippen molar-refractivity contribution < 1.29 is 4.79 Å². The van der Waals surface area contributed by atoms with Crippen molar-refractivity contribution in [1.29, 1.82) is 0 Å². The minimum atomic E-state index is -0.350. The molecule has 0 radical (unpaired) electrons. The zero-order valence-corrected chi connectivity index (χ0v) is 12.9. The molecule has 6 nitrogen and oxygen atoms in total. The second kappa shape index (κ2) is 7.38. The first-order valence-electron chi connectivity index (χ1n) is 7.21. The van der Waals surface area contributed by atoms with E-state index in [4.69, 9.17) is 0 Å². The molecule has 1 aliphatic heterocycles. The van der Waals surface area contributed by atoms with Crippen LogP contribution in [-0.4, -0.2) is 34.9 Å². The van der Waals surface area contributed by atoms with E-state index < -0.39 is 0 Å². The normalized spacial score (nSPS) is 17.2. The molecular weight excluding hydrogens is 304 g/mol. The fourth-order valence-corrected chi connectivity index (χ4v) is 2.63. The van der Waals surface area contributed by atoms with E-state index in [9.17, 15) is 9.59 Å². The summed E-state index contributed by atoms with van der Waals surface area (Å²) in [6.07, 6.45) is 5.05. The molecule has 1 aliphatic rings. The molecule has 22 heavy (non-hydrogen) atoms. The van der Waals surface area contributed by atoms with Crippen LogP contribution in [0.4, 0.5) is 0 Å². The quantitative estimate of drug-likeness (QED) is 0.875. The Morgan fingerprint density at radius 3 is 3.09 bits per heavy atom.